The van der Waals surface area contributed by atoms with E-state index in [1.807, 2.05) is 18.2 Å². The second-order valence-corrected chi connectivity index (χ2v) is 7.31. The monoisotopic (exact) mass is 380 g/mol. The lowest BCUT2D eigenvalue weighted by molar-refractivity contribution is -0.899. The third kappa shape index (κ3) is 2.88. The molecule has 1 saturated heterocycles. The van der Waals surface area contributed by atoms with Crippen LogP contribution in [-0.4, -0.2) is 57.8 Å². The molecular weight excluding hydrogens is 358 g/mol. The Morgan fingerprint density at radius 1 is 0.929 bits per heavy atom. The maximum Gasteiger partial charge on any atom is 0.303 e. The number of carbonyl (C=O) groups excluding carboxylic acids is 2. The molecule has 2 aromatic carbocycles. The fourth-order valence-electron chi connectivity index (χ4n) is 4.09. The number of hydrogen-bond donors (Lipinski definition) is 1. The number of fused-ring (bicyclic) bond motifs is 2. The Hall–Kier alpha value is -3.06. The molecule has 3 aliphatic rings. The summed E-state index contributed by atoms with van der Waals surface area (Å²) in [5, 5.41) is 0. The fourth-order valence-corrected chi connectivity index (χ4v) is 4.09. The van der Waals surface area contributed by atoms with Crippen molar-refractivity contribution in [1.29, 1.82) is 0 Å². The number of ether oxygens (including phenoxy) is 2. The molecular formula is C21H22N3O4+. The third-order valence-electron chi connectivity index (χ3n) is 5.61. The first-order valence-electron chi connectivity index (χ1n) is 9.64. The Morgan fingerprint density at radius 2 is 1.61 bits per heavy atom. The Kier molecular flexibility index (Phi) is 4.16. The number of quaternary nitrogens is 1. The van der Waals surface area contributed by atoms with Gasteiger partial charge in [0.1, 0.15) is 13.2 Å². The second kappa shape index (κ2) is 6.83. The highest BCUT2D eigenvalue weighted by Crippen LogP contribution is 2.40. The maximum absolute atomic E-state index is 12.6. The van der Waals surface area contributed by atoms with Gasteiger partial charge in [0.05, 0.1) is 37.4 Å². The minimum Gasteiger partial charge on any atom is -0.486 e. The number of anilines is 2. The molecule has 0 spiro atoms. The minimum absolute atomic E-state index is 0.413. The van der Waals surface area contributed by atoms with Crippen LogP contribution >= 0.6 is 0 Å². The third-order valence-corrected chi connectivity index (χ3v) is 5.61. The first-order valence-corrected chi connectivity index (χ1v) is 9.64. The highest BCUT2D eigenvalue weighted by Gasteiger charge is 2.40. The molecule has 0 radical (unpaired) electrons. The molecule has 0 unspecified atom stereocenters. The van der Waals surface area contributed by atoms with Crippen LogP contribution in [0.2, 0.25) is 0 Å². The van der Waals surface area contributed by atoms with E-state index in [0.29, 0.717) is 42.6 Å². The van der Waals surface area contributed by atoms with Crippen molar-refractivity contribution in [3.05, 3.63) is 48.0 Å². The Bertz CT molecular complexity index is 923. The largest absolute Gasteiger partial charge is 0.486 e. The van der Waals surface area contributed by atoms with E-state index in [1.54, 1.807) is 17.0 Å². The summed E-state index contributed by atoms with van der Waals surface area (Å²) < 4.78 is 11.2. The Morgan fingerprint density at radius 3 is 2.32 bits per heavy atom. The van der Waals surface area contributed by atoms with Crippen LogP contribution in [0.5, 0.6) is 11.5 Å². The second-order valence-electron chi connectivity index (χ2n) is 7.31. The number of carbonyl (C=O) groups is 2. The predicted octanol–water partition coefficient (Wildman–Crippen LogP) is 0.350. The van der Waals surface area contributed by atoms with E-state index in [-0.39, 0.29) is 0 Å². The van der Waals surface area contributed by atoms with Gasteiger partial charge >= 0.3 is 5.91 Å². The van der Waals surface area contributed by atoms with E-state index in [0.717, 1.165) is 26.2 Å². The number of Topliss-reactive ketones (excluding diaryl/α,β-unsaturated/α-hetero) is 1. The SMILES string of the molecule is O=C1C(=O)N(C[NH+]2CCN(c3ccccc3)CC2)c2cc3c(cc21)OCCO3. The standard InChI is InChI=1S/C21H21N3O4/c25-20-16-12-18-19(28-11-10-27-18)13-17(16)24(21(20)26)14-22-6-8-23(9-7-22)15-4-2-1-3-5-15/h1-5,12-13H,6-11,14H2/p+1. The molecule has 0 aromatic heterocycles. The summed E-state index contributed by atoms with van der Waals surface area (Å²) in [6.45, 7) is 5.07. The lowest BCUT2D eigenvalue weighted by Gasteiger charge is -2.35. The highest BCUT2D eigenvalue weighted by atomic mass is 16.6. The Balaban J connectivity index is 1.32. The highest BCUT2D eigenvalue weighted by molar-refractivity contribution is 6.52. The lowest BCUT2D eigenvalue weighted by Crippen LogP contribution is -3.16. The average Bonchev–Trinajstić information content (AvgIpc) is 2.98. The van der Waals surface area contributed by atoms with E-state index in [2.05, 4.69) is 17.0 Å². The topological polar surface area (TPSA) is 63.5 Å². The van der Waals surface area contributed by atoms with Crippen molar-refractivity contribution in [3.63, 3.8) is 0 Å². The van der Waals surface area contributed by atoms with Gasteiger partial charge in [-0.3, -0.25) is 14.5 Å². The van der Waals surface area contributed by atoms with Gasteiger partial charge in [0.15, 0.2) is 18.2 Å². The zero-order chi connectivity index (χ0) is 19.1. The number of nitrogens with one attached hydrogen (secondary N) is 1. The van der Waals surface area contributed by atoms with Gasteiger partial charge < -0.3 is 19.3 Å². The average molecular weight is 380 g/mol. The zero-order valence-corrected chi connectivity index (χ0v) is 15.5. The molecule has 5 rings (SSSR count). The molecule has 7 heteroatoms. The summed E-state index contributed by atoms with van der Waals surface area (Å²) in [7, 11) is 0. The first kappa shape index (κ1) is 17.1. The minimum atomic E-state index is -0.464. The van der Waals surface area contributed by atoms with E-state index in [4.69, 9.17) is 9.47 Å². The van der Waals surface area contributed by atoms with E-state index >= 15 is 0 Å². The van der Waals surface area contributed by atoms with Gasteiger partial charge in [0.2, 0.25) is 0 Å². The number of para-hydroxylation sites is 1. The number of piperazine rings is 1. The Labute approximate surface area is 163 Å². The van der Waals surface area contributed by atoms with Crippen LogP contribution in [0.1, 0.15) is 10.4 Å². The molecule has 0 bridgehead atoms. The van der Waals surface area contributed by atoms with Crippen molar-refractivity contribution >= 4 is 23.1 Å². The molecule has 7 nitrogen and oxygen atoms in total. The van der Waals surface area contributed by atoms with Crippen molar-refractivity contribution in [2.45, 2.75) is 0 Å². The molecule has 0 atom stereocenters. The van der Waals surface area contributed by atoms with Crippen LogP contribution in [0.15, 0.2) is 42.5 Å². The summed E-state index contributed by atoms with van der Waals surface area (Å²) in [5.74, 6) is 0.211. The van der Waals surface area contributed by atoms with Gasteiger partial charge in [-0.2, -0.15) is 0 Å². The summed E-state index contributed by atoms with van der Waals surface area (Å²) in [4.78, 5) is 30.3. The summed E-state index contributed by atoms with van der Waals surface area (Å²) in [5.41, 5.74) is 2.27. The molecule has 144 valence electrons. The molecule has 1 fully saturated rings. The van der Waals surface area contributed by atoms with Crippen LogP contribution in [0.4, 0.5) is 11.4 Å². The van der Waals surface area contributed by atoms with Gasteiger partial charge in [-0.05, 0) is 18.2 Å². The number of ketones is 1. The molecule has 0 aliphatic carbocycles. The van der Waals surface area contributed by atoms with Gasteiger partial charge in [-0.15, -0.1) is 0 Å². The summed E-state index contributed by atoms with van der Waals surface area (Å²) >= 11 is 0. The molecule has 1 N–H and O–H groups in total. The van der Waals surface area contributed by atoms with Crippen LogP contribution in [0.3, 0.4) is 0 Å². The predicted molar refractivity (Wildman–Crippen MR) is 103 cm³/mol. The van der Waals surface area contributed by atoms with Gasteiger partial charge in [0, 0.05) is 11.8 Å². The van der Waals surface area contributed by atoms with Crippen molar-refractivity contribution in [2.24, 2.45) is 0 Å². The summed E-state index contributed by atoms with van der Waals surface area (Å²) in [6, 6.07) is 13.8. The van der Waals surface area contributed by atoms with E-state index in [9.17, 15) is 9.59 Å². The van der Waals surface area contributed by atoms with Crippen molar-refractivity contribution in [2.75, 3.05) is 55.9 Å². The molecule has 3 heterocycles. The van der Waals surface area contributed by atoms with E-state index < -0.39 is 11.7 Å². The lowest BCUT2D eigenvalue weighted by atomic mass is 10.1. The number of rotatable bonds is 3. The molecule has 0 saturated carbocycles. The summed E-state index contributed by atoms with van der Waals surface area (Å²) in [6.07, 6.45) is 0. The number of amides is 1. The van der Waals surface area contributed by atoms with Crippen molar-refractivity contribution < 1.29 is 24.0 Å². The number of nitrogens with zero attached hydrogens (tertiary/aromatic N) is 2. The molecule has 1 amide bonds. The van der Waals surface area contributed by atoms with Crippen molar-refractivity contribution in [3.8, 4) is 11.5 Å². The van der Waals surface area contributed by atoms with Crippen LogP contribution in [-0.2, 0) is 4.79 Å². The van der Waals surface area contributed by atoms with Gasteiger partial charge in [-0.25, -0.2) is 0 Å². The van der Waals surface area contributed by atoms with Crippen molar-refractivity contribution in [1.82, 2.24) is 0 Å². The molecule has 3 aliphatic heterocycles. The first-order chi connectivity index (χ1) is 13.7. The smallest absolute Gasteiger partial charge is 0.303 e. The van der Waals surface area contributed by atoms with E-state index in [1.165, 1.54) is 10.6 Å². The van der Waals surface area contributed by atoms with Gasteiger partial charge in [-0.1, -0.05) is 18.2 Å². The number of hydrogen-bond acceptors (Lipinski definition) is 5. The zero-order valence-electron chi connectivity index (χ0n) is 15.5. The normalized spacial score (nSPS) is 19.1. The molecule has 28 heavy (non-hydrogen) atoms. The van der Waals surface area contributed by atoms with Crippen LogP contribution in [0, 0.1) is 0 Å². The van der Waals surface area contributed by atoms with Crippen LogP contribution in [0.25, 0.3) is 0 Å². The molecule has 2 aromatic rings. The fraction of sp³-hybridized carbons (Fsp3) is 0.333. The maximum atomic E-state index is 12.6. The quantitative estimate of drug-likeness (QED) is 0.779. The number of benzene rings is 2. The van der Waals surface area contributed by atoms with Crippen LogP contribution < -0.4 is 24.2 Å². The van der Waals surface area contributed by atoms with Gasteiger partial charge in [0.25, 0.3) is 5.78 Å².